The molecule has 0 radical (unpaired) electrons. The Labute approximate surface area is 274 Å². The van der Waals surface area contributed by atoms with Crippen LogP contribution in [0.2, 0.25) is 0 Å². The van der Waals surface area contributed by atoms with Crippen molar-refractivity contribution in [3.05, 3.63) is 148 Å². The van der Waals surface area contributed by atoms with Crippen molar-refractivity contribution in [2.24, 2.45) is 5.14 Å². The smallest absolute Gasteiger partial charge is 0.272 e. The van der Waals surface area contributed by atoms with Crippen LogP contribution >= 0.6 is 23.1 Å². The van der Waals surface area contributed by atoms with E-state index in [1.165, 1.54) is 47.4 Å². The number of sulfonamides is 1. The number of amides is 3. The maximum atomic E-state index is 13.5. The average Bonchev–Trinajstić information content (AvgIpc) is 3.57. The number of anilines is 2. The Morgan fingerprint density at radius 2 is 1.46 bits per heavy atom. The van der Waals surface area contributed by atoms with E-state index in [0.717, 1.165) is 10.4 Å². The standard InChI is InChI=1S/C34H28N4O5S3/c35-46(42,43)29-18-16-25(17-19-29)36-34(41)31(23-9-3-1-4-10-23)45-28-14-7-13-26(21-28)37-33(40)30(22-27-15-8-20-44-27)38-32(39)24-11-5-2-6-12-24/h1-22,31H,(H,36,41)(H,37,40)(H,38,39)(H2,35,42,43)/b30-22-. The number of carbonyl (C=O) groups is 3. The quantitative estimate of drug-likeness (QED) is 0.0963. The minimum Gasteiger partial charge on any atom is -0.325 e. The van der Waals surface area contributed by atoms with Crippen LogP contribution in [0, 0.1) is 0 Å². The molecule has 0 aliphatic rings. The third kappa shape index (κ3) is 8.79. The van der Waals surface area contributed by atoms with Gasteiger partial charge in [0.05, 0.1) is 4.90 Å². The molecule has 0 spiro atoms. The van der Waals surface area contributed by atoms with Crippen LogP contribution in [0.3, 0.4) is 0 Å². The Kier molecular flexibility index (Phi) is 10.5. The Bertz CT molecular complexity index is 1960. The van der Waals surface area contributed by atoms with Crippen molar-refractivity contribution in [1.29, 1.82) is 0 Å². The highest BCUT2D eigenvalue weighted by Crippen LogP contribution is 2.37. The fourth-order valence-corrected chi connectivity index (χ4v) is 6.53. The van der Waals surface area contributed by atoms with E-state index in [1.807, 2.05) is 53.9 Å². The number of rotatable bonds is 11. The van der Waals surface area contributed by atoms with Crippen molar-refractivity contribution in [2.45, 2.75) is 15.0 Å². The van der Waals surface area contributed by atoms with E-state index in [9.17, 15) is 22.8 Å². The number of hydrogen-bond acceptors (Lipinski definition) is 7. The van der Waals surface area contributed by atoms with Gasteiger partial charge in [-0.25, -0.2) is 13.6 Å². The minimum atomic E-state index is -3.87. The second kappa shape index (κ2) is 14.8. The molecule has 0 saturated carbocycles. The van der Waals surface area contributed by atoms with Gasteiger partial charge in [0, 0.05) is 26.7 Å². The van der Waals surface area contributed by atoms with E-state index in [0.29, 0.717) is 21.8 Å². The molecule has 12 heteroatoms. The zero-order valence-corrected chi connectivity index (χ0v) is 26.6. The van der Waals surface area contributed by atoms with E-state index in [2.05, 4.69) is 16.0 Å². The van der Waals surface area contributed by atoms with Gasteiger partial charge in [0.2, 0.25) is 15.9 Å². The molecule has 1 heterocycles. The van der Waals surface area contributed by atoms with E-state index in [4.69, 9.17) is 5.14 Å². The Morgan fingerprint density at radius 3 is 2.11 bits per heavy atom. The van der Waals surface area contributed by atoms with Crippen LogP contribution in [-0.4, -0.2) is 26.1 Å². The summed E-state index contributed by atoms with van der Waals surface area (Å²) in [4.78, 5) is 41.3. The summed E-state index contributed by atoms with van der Waals surface area (Å²) in [6.45, 7) is 0. The zero-order valence-electron chi connectivity index (χ0n) is 24.1. The van der Waals surface area contributed by atoms with E-state index in [1.54, 1.807) is 54.6 Å². The highest BCUT2D eigenvalue weighted by molar-refractivity contribution is 8.00. The molecule has 3 amide bonds. The molecule has 0 bridgehead atoms. The summed E-state index contributed by atoms with van der Waals surface area (Å²) < 4.78 is 23.2. The first kappa shape index (κ1) is 32.4. The monoisotopic (exact) mass is 668 g/mol. The van der Waals surface area contributed by atoms with Gasteiger partial charge in [-0.3, -0.25) is 14.4 Å². The van der Waals surface area contributed by atoms with Crippen molar-refractivity contribution in [3.63, 3.8) is 0 Å². The summed E-state index contributed by atoms with van der Waals surface area (Å²) >= 11 is 2.70. The van der Waals surface area contributed by atoms with Crippen molar-refractivity contribution >= 4 is 68.3 Å². The molecular weight excluding hydrogens is 641 g/mol. The number of nitrogens with two attached hydrogens (primary N) is 1. The molecule has 5 aromatic rings. The summed E-state index contributed by atoms with van der Waals surface area (Å²) in [6.07, 6.45) is 1.62. The van der Waals surface area contributed by atoms with Crippen LogP contribution in [0.25, 0.3) is 6.08 Å². The number of thiophene rings is 1. The lowest BCUT2D eigenvalue weighted by molar-refractivity contribution is -0.116. The number of primary sulfonamides is 1. The highest BCUT2D eigenvalue weighted by atomic mass is 32.2. The van der Waals surface area contributed by atoms with Gasteiger partial charge in [0.1, 0.15) is 10.9 Å². The summed E-state index contributed by atoms with van der Waals surface area (Å²) in [7, 11) is -3.87. The first-order valence-electron chi connectivity index (χ1n) is 13.8. The number of carbonyl (C=O) groups excluding carboxylic acids is 3. The number of thioether (sulfide) groups is 1. The van der Waals surface area contributed by atoms with Crippen LogP contribution < -0.4 is 21.1 Å². The first-order chi connectivity index (χ1) is 22.2. The topological polar surface area (TPSA) is 147 Å². The van der Waals surface area contributed by atoms with Crippen LogP contribution in [0.5, 0.6) is 0 Å². The second-order valence-corrected chi connectivity index (χ2v) is 13.6. The van der Waals surface area contributed by atoms with E-state index >= 15 is 0 Å². The van der Waals surface area contributed by atoms with E-state index in [-0.39, 0.29) is 16.5 Å². The zero-order chi connectivity index (χ0) is 32.5. The molecule has 4 aromatic carbocycles. The first-order valence-corrected chi connectivity index (χ1v) is 17.1. The van der Waals surface area contributed by atoms with Gasteiger partial charge in [-0.05, 0) is 77.7 Å². The minimum absolute atomic E-state index is 0.0635. The summed E-state index contributed by atoms with van der Waals surface area (Å²) in [5.41, 5.74) is 2.10. The highest BCUT2D eigenvalue weighted by Gasteiger charge is 2.23. The Morgan fingerprint density at radius 1 is 0.761 bits per heavy atom. The molecule has 0 aliphatic heterocycles. The van der Waals surface area contributed by atoms with E-state index < -0.39 is 27.1 Å². The number of benzene rings is 4. The van der Waals surface area contributed by atoms with Crippen molar-refractivity contribution in [1.82, 2.24) is 5.32 Å². The second-order valence-electron chi connectivity index (χ2n) is 9.84. The fraction of sp³-hybridized carbons (Fsp3) is 0.0294. The fourth-order valence-electron chi connectivity index (χ4n) is 4.28. The van der Waals surface area contributed by atoms with Gasteiger partial charge < -0.3 is 16.0 Å². The summed E-state index contributed by atoms with van der Waals surface area (Å²) in [5, 5.41) is 14.8. The molecule has 1 aromatic heterocycles. The maximum absolute atomic E-state index is 13.5. The Balaban J connectivity index is 1.34. The number of nitrogens with one attached hydrogen (secondary N) is 3. The SMILES string of the molecule is NS(=O)(=O)c1ccc(NC(=O)C(Sc2cccc(NC(=O)/C(=C/c3cccs3)NC(=O)c3ccccc3)c2)c2ccccc2)cc1. The van der Waals surface area contributed by atoms with Crippen molar-refractivity contribution in [3.8, 4) is 0 Å². The summed E-state index contributed by atoms with van der Waals surface area (Å²) in [6, 6.07) is 34.1. The molecular formula is C34H28N4O5S3. The molecule has 232 valence electrons. The molecule has 0 aliphatic carbocycles. The molecule has 1 unspecified atom stereocenters. The van der Waals surface area contributed by atoms with Crippen LogP contribution in [0.15, 0.2) is 142 Å². The van der Waals surface area contributed by atoms with Gasteiger partial charge in [-0.1, -0.05) is 60.7 Å². The maximum Gasteiger partial charge on any atom is 0.272 e. The van der Waals surface area contributed by atoms with Gasteiger partial charge in [0.15, 0.2) is 0 Å². The predicted molar refractivity (Wildman–Crippen MR) is 183 cm³/mol. The number of hydrogen-bond donors (Lipinski definition) is 4. The van der Waals surface area contributed by atoms with Gasteiger partial charge in [-0.2, -0.15) is 0 Å². The van der Waals surface area contributed by atoms with Crippen molar-refractivity contribution < 1.29 is 22.8 Å². The lowest BCUT2D eigenvalue weighted by Gasteiger charge is -2.18. The van der Waals surface area contributed by atoms with Crippen LogP contribution in [0.4, 0.5) is 11.4 Å². The normalized spacial score (nSPS) is 12.2. The molecule has 1 atom stereocenters. The molecule has 46 heavy (non-hydrogen) atoms. The lowest BCUT2D eigenvalue weighted by Crippen LogP contribution is -2.30. The van der Waals surface area contributed by atoms with Gasteiger partial charge in [0.25, 0.3) is 11.8 Å². The third-order valence-electron chi connectivity index (χ3n) is 6.50. The lowest BCUT2D eigenvalue weighted by atomic mass is 10.1. The largest absolute Gasteiger partial charge is 0.325 e. The molecule has 5 rings (SSSR count). The molecule has 0 saturated heterocycles. The third-order valence-corrected chi connectivity index (χ3v) is 9.49. The van der Waals surface area contributed by atoms with Gasteiger partial charge >= 0.3 is 0 Å². The Hall–Kier alpha value is -5.01. The predicted octanol–water partition coefficient (Wildman–Crippen LogP) is 6.28. The molecule has 5 N–H and O–H groups in total. The van der Waals surface area contributed by atoms with Gasteiger partial charge in [-0.15, -0.1) is 23.1 Å². The summed E-state index contributed by atoms with van der Waals surface area (Å²) in [5.74, 6) is -1.27. The molecule has 9 nitrogen and oxygen atoms in total. The van der Waals surface area contributed by atoms with Crippen molar-refractivity contribution in [2.75, 3.05) is 10.6 Å². The van der Waals surface area contributed by atoms with Crippen LogP contribution in [0.1, 0.15) is 26.0 Å². The van der Waals surface area contributed by atoms with Crippen LogP contribution in [-0.2, 0) is 19.6 Å². The average molecular weight is 669 g/mol. The molecule has 0 fully saturated rings.